The van der Waals surface area contributed by atoms with Gasteiger partial charge in [-0.3, -0.25) is 14.5 Å². The van der Waals surface area contributed by atoms with Gasteiger partial charge in [-0.15, -0.1) is 0 Å². The fourth-order valence-electron chi connectivity index (χ4n) is 3.05. The summed E-state index contributed by atoms with van der Waals surface area (Å²) in [4.78, 5) is 46.6. The van der Waals surface area contributed by atoms with E-state index in [1.807, 2.05) is 6.92 Å². The van der Waals surface area contributed by atoms with Crippen LogP contribution in [0.2, 0.25) is 0 Å². The van der Waals surface area contributed by atoms with E-state index in [4.69, 9.17) is 0 Å². The number of carbonyl (C=O) groups excluding carboxylic acids is 3. The minimum Gasteiger partial charge on any atom is -0.346 e. The Kier molecular flexibility index (Phi) is 3.62. The lowest BCUT2D eigenvalue weighted by Crippen LogP contribution is -2.44. The molecule has 0 aromatic carbocycles. The summed E-state index contributed by atoms with van der Waals surface area (Å²) < 4.78 is 0. The standard InChI is InChI=1S/C15H21N5O3/c1-9-6-16-12(17-9)10-4-5-19(7-10)11(21)8-20-13(22)15(2,3)18-14(20)23/h6,10H,4-5,7-8H2,1-3H3,(H,16,17)(H,18,23)/t10-/m0/s1. The van der Waals surface area contributed by atoms with Crippen molar-refractivity contribution in [2.45, 2.75) is 38.6 Å². The zero-order valence-electron chi connectivity index (χ0n) is 13.5. The first-order chi connectivity index (χ1) is 10.8. The quantitative estimate of drug-likeness (QED) is 0.786. The summed E-state index contributed by atoms with van der Waals surface area (Å²) in [5.74, 6) is 0.478. The molecule has 2 aliphatic heterocycles. The van der Waals surface area contributed by atoms with E-state index in [-0.39, 0.29) is 24.3 Å². The lowest BCUT2D eigenvalue weighted by atomic mass is 10.1. The predicted molar refractivity (Wildman–Crippen MR) is 81.6 cm³/mol. The minimum absolute atomic E-state index is 0.173. The Morgan fingerprint density at radius 2 is 2.17 bits per heavy atom. The van der Waals surface area contributed by atoms with Crippen LogP contribution in [0.5, 0.6) is 0 Å². The molecule has 0 aliphatic carbocycles. The number of hydrogen-bond acceptors (Lipinski definition) is 4. The van der Waals surface area contributed by atoms with Crippen molar-refractivity contribution < 1.29 is 14.4 Å². The number of hydrogen-bond donors (Lipinski definition) is 2. The zero-order chi connectivity index (χ0) is 16.8. The smallest absolute Gasteiger partial charge is 0.325 e. The van der Waals surface area contributed by atoms with Gasteiger partial charge in [-0.2, -0.15) is 0 Å². The molecule has 0 spiro atoms. The predicted octanol–water partition coefficient (Wildman–Crippen LogP) is 0.364. The van der Waals surface area contributed by atoms with Gasteiger partial charge in [0, 0.05) is 30.9 Å². The lowest BCUT2D eigenvalue weighted by Gasteiger charge is -2.20. The van der Waals surface area contributed by atoms with Crippen molar-refractivity contribution in [1.29, 1.82) is 0 Å². The third-order valence-electron chi connectivity index (χ3n) is 4.39. The number of imidazole rings is 1. The van der Waals surface area contributed by atoms with Crippen molar-refractivity contribution in [2.75, 3.05) is 19.6 Å². The molecule has 0 radical (unpaired) electrons. The van der Waals surface area contributed by atoms with Crippen LogP contribution in [0.4, 0.5) is 4.79 Å². The number of carbonyl (C=O) groups is 3. The van der Waals surface area contributed by atoms with Crippen LogP contribution in [0.1, 0.15) is 37.7 Å². The second-order valence-electron chi connectivity index (χ2n) is 6.72. The molecule has 2 aliphatic rings. The first-order valence-corrected chi connectivity index (χ1v) is 7.71. The Morgan fingerprint density at radius 1 is 1.43 bits per heavy atom. The summed E-state index contributed by atoms with van der Waals surface area (Å²) in [5.41, 5.74) is 0.0442. The van der Waals surface area contributed by atoms with Crippen LogP contribution in [0.25, 0.3) is 0 Å². The number of imide groups is 1. The summed E-state index contributed by atoms with van der Waals surface area (Å²) in [7, 11) is 0. The van der Waals surface area contributed by atoms with Gasteiger partial charge < -0.3 is 15.2 Å². The van der Waals surface area contributed by atoms with Crippen molar-refractivity contribution in [3.05, 3.63) is 17.7 Å². The molecule has 0 bridgehead atoms. The molecule has 1 aromatic rings. The van der Waals surface area contributed by atoms with Gasteiger partial charge in [0.15, 0.2) is 0 Å². The Hall–Kier alpha value is -2.38. The first-order valence-electron chi connectivity index (χ1n) is 7.71. The highest BCUT2D eigenvalue weighted by molar-refractivity contribution is 6.08. The van der Waals surface area contributed by atoms with Gasteiger partial charge in [0.1, 0.15) is 17.9 Å². The number of amides is 4. The third kappa shape index (κ3) is 2.80. The largest absolute Gasteiger partial charge is 0.346 e. The van der Waals surface area contributed by atoms with Crippen LogP contribution in [0, 0.1) is 6.92 Å². The SMILES string of the molecule is Cc1cnc([C@H]2CCN(C(=O)CN3C(=O)NC(C)(C)C3=O)C2)[nH]1. The molecule has 2 N–H and O–H groups in total. The summed E-state index contributed by atoms with van der Waals surface area (Å²) in [6.45, 7) is 6.15. The Balaban J connectivity index is 1.62. The molecule has 3 rings (SSSR count). The molecule has 0 unspecified atom stereocenters. The number of urea groups is 1. The van der Waals surface area contributed by atoms with Crippen LogP contribution in [0.3, 0.4) is 0 Å². The van der Waals surface area contributed by atoms with E-state index < -0.39 is 11.6 Å². The van der Waals surface area contributed by atoms with Gasteiger partial charge in [-0.25, -0.2) is 9.78 Å². The van der Waals surface area contributed by atoms with Crippen molar-refractivity contribution in [3.63, 3.8) is 0 Å². The normalized spacial score (nSPS) is 23.5. The molecule has 124 valence electrons. The minimum atomic E-state index is -0.948. The Labute approximate surface area is 134 Å². The highest BCUT2D eigenvalue weighted by atomic mass is 16.2. The van der Waals surface area contributed by atoms with Crippen molar-refractivity contribution in [1.82, 2.24) is 25.1 Å². The maximum absolute atomic E-state index is 12.4. The fourth-order valence-corrected chi connectivity index (χ4v) is 3.05. The van der Waals surface area contributed by atoms with E-state index in [9.17, 15) is 14.4 Å². The van der Waals surface area contributed by atoms with Gasteiger partial charge in [-0.1, -0.05) is 0 Å². The van der Waals surface area contributed by atoms with Crippen LogP contribution >= 0.6 is 0 Å². The maximum Gasteiger partial charge on any atom is 0.325 e. The number of H-pyrrole nitrogens is 1. The fraction of sp³-hybridized carbons (Fsp3) is 0.600. The second-order valence-corrected chi connectivity index (χ2v) is 6.72. The zero-order valence-corrected chi connectivity index (χ0v) is 13.5. The number of aromatic amines is 1. The van der Waals surface area contributed by atoms with E-state index in [0.717, 1.165) is 22.8 Å². The molecular formula is C15H21N5O3. The Morgan fingerprint density at radius 3 is 2.74 bits per heavy atom. The molecule has 1 atom stereocenters. The number of aryl methyl sites for hydroxylation is 1. The number of aromatic nitrogens is 2. The van der Waals surface area contributed by atoms with Crippen LogP contribution in [-0.2, 0) is 9.59 Å². The topological polar surface area (TPSA) is 98.4 Å². The average Bonchev–Trinajstić information content (AvgIpc) is 3.14. The van der Waals surface area contributed by atoms with Crippen molar-refractivity contribution >= 4 is 17.8 Å². The van der Waals surface area contributed by atoms with Gasteiger partial charge in [0.05, 0.1) is 0 Å². The van der Waals surface area contributed by atoms with E-state index in [2.05, 4.69) is 15.3 Å². The average molecular weight is 319 g/mol. The highest BCUT2D eigenvalue weighted by Crippen LogP contribution is 2.25. The number of nitrogens with one attached hydrogen (secondary N) is 2. The monoisotopic (exact) mass is 319 g/mol. The first kappa shape index (κ1) is 15.5. The highest BCUT2D eigenvalue weighted by Gasteiger charge is 2.45. The van der Waals surface area contributed by atoms with Crippen LogP contribution in [-0.4, -0.2) is 62.8 Å². The summed E-state index contributed by atoms with van der Waals surface area (Å²) in [6.07, 6.45) is 2.60. The lowest BCUT2D eigenvalue weighted by molar-refractivity contribution is -0.137. The molecule has 0 saturated carbocycles. The van der Waals surface area contributed by atoms with Gasteiger partial charge >= 0.3 is 6.03 Å². The molecule has 23 heavy (non-hydrogen) atoms. The summed E-state index contributed by atoms with van der Waals surface area (Å²) in [6, 6.07) is -0.509. The molecule has 8 nitrogen and oxygen atoms in total. The summed E-state index contributed by atoms with van der Waals surface area (Å²) >= 11 is 0. The molecule has 3 heterocycles. The number of rotatable bonds is 3. The molecular weight excluding hydrogens is 298 g/mol. The van der Waals surface area contributed by atoms with Gasteiger partial charge in [0.25, 0.3) is 5.91 Å². The van der Waals surface area contributed by atoms with Gasteiger partial charge in [0.2, 0.25) is 5.91 Å². The number of nitrogens with zero attached hydrogens (tertiary/aromatic N) is 3. The molecule has 8 heteroatoms. The van der Waals surface area contributed by atoms with Crippen LogP contribution < -0.4 is 5.32 Å². The van der Waals surface area contributed by atoms with Gasteiger partial charge in [-0.05, 0) is 27.2 Å². The molecule has 1 aromatic heterocycles. The van der Waals surface area contributed by atoms with E-state index in [1.165, 1.54) is 0 Å². The molecule has 2 saturated heterocycles. The second kappa shape index (κ2) is 5.36. The molecule has 2 fully saturated rings. The van der Waals surface area contributed by atoms with E-state index >= 15 is 0 Å². The van der Waals surface area contributed by atoms with Crippen molar-refractivity contribution in [3.8, 4) is 0 Å². The van der Waals surface area contributed by atoms with E-state index in [0.29, 0.717) is 13.1 Å². The molecule has 4 amide bonds. The van der Waals surface area contributed by atoms with Crippen molar-refractivity contribution in [2.24, 2.45) is 0 Å². The third-order valence-corrected chi connectivity index (χ3v) is 4.39. The number of likely N-dealkylation sites (tertiary alicyclic amines) is 1. The maximum atomic E-state index is 12.4. The van der Waals surface area contributed by atoms with Crippen LogP contribution in [0.15, 0.2) is 6.20 Å². The van der Waals surface area contributed by atoms with E-state index in [1.54, 1.807) is 24.9 Å². The Bertz CT molecular complexity index is 666. The summed E-state index contributed by atoms with van der Waals surface area (Å²) in [5, 5.41) is 2.58.